The highest BCUT2D eigenvalue weighted by molar-refractivity contribution is 14.0. The van der Waals surface area contributed by atoms with Crippen molar-refractivity contribution in [1.82, 2.24) is 20.9 Å². The van der Waals surface area contributed by atoms with Gasteiger partial charge in [0.2, 0.25) is 0 Å². The fourth-order valence-electron chi connectivity index (χ4n) is 2.81. The molecule has 7 nitrogen and oxygen atoms in total. The summed E-state index contributed by atoms with van der Waals surface area (Å²) in [7, 11) is 1.63. The van der Waals surface area contributed by atoms with E-state index in [1.165, 1.54) is 0 Å². The first kappa shape index (κ1) is 23.6. The lowest BCUT2D eigenvalue weighted by Crippen LogP contribution is -2.49. The normalized spacial score (nSPS) is 16.2. The maximum Gasteiger partial charge on any atom is 0.251 e. The molecule has 0 radical (unpaired) electrons. The summed E-state index contributed by atoms with van der Waals surface area (Å²) >= 11 is 0. The summed E-state index contributed by atoms with van der Waals surface area (Å²) < 4.78 is 5.41. The molecule has 152 valence electrons. The number of aliphatic imine (C=N–C) groups is 1. The van der Waals surface area contributed by atoms with Crippen LogP contribution in [0, 0.1) is 0 Å². The van der Waals surface area contributed by atoms with Crippen LogP contribution in [0.5, 0.6) is 0 Å². The largest absolute Gasteiger partial charge is 0.379 e. The van der Waals surface area contributed by atoms with Gasteiger partial charge in [-0.05, 0) is 31.5 Å². The number of amides is 1. The second-order valence-electron chi connectivity index (χ2n) is 6.35. The van der Waals surface area contributed by atoms with Crippen molar-refractivity contribution in [2.24, 2.45) is 4.99 Å². The Bertz CT molecular complexity index is 588. The number of rotatable bonds is 7. The molecule has 0 spiro atoms. The molecule has 1 aromatic carbocycles. The topological polar surface area (TPSA) is 78.0 Å². The molecule has 0 aromatic heterocycles. The van der Waals surface area contributed by atoms with E-state index in [2.05, 4.69) is 39.7 Å². The van der Waals surface area contributed by atoms with Crippen LogP contribution in [-0.4, -0.2) is 69.2 Å². The minimum Gasteiger partial charge on any atom is -0.379 e. The summed E-state index contributed by atoms with van der Waals surface area (Å²) in [5.74, 6) is 0.732. The molecule has 1 amide bonds. The fraction of sp³-hybridized carbons (Fsp3) is 0.579. The second kappa shape index (κ2) is 12.9. The van der Waals surface area contributed by atoms with Crippen molar-refractivity contribution in [2.75, 3.05) is 46.4 Å². The van der Waals surface area contributed by atoms with E-state index in [4.69, 9.17) is 4.74 Å². The summed E-state index contributed by atoms with van der Waals surface area (Å²) in [4.78, 5) is 18.7. The van der Waals surface area contributed by atoms with Gasteiger partial charge in [-0.25, -0.2) is 4.99 Å². The molecule has 27 heavy (non-hydrogen) atoms. The van der Waals surface area contributed by atoms with Crippen LogP contribution in [0.1, 0.15) is 29.8 Å². The van der Waals surface area contributed by atoms with Crippen molar-refractivity contribution in [3.63, 3.8) is 0 Å². The van der Waals surface area contributed by atoms with Gasteiger partial charge in [-0.15, -0.1) is 24.0 Å². The number of nitrogens with one attached hydrogen (secondary N) is 3. The predicted molar refractivity (Wildman–Crippen MR) is 120 cm³/mol. The number of morpholine rings is 1. The summed E-state index contributed by atoms with van der Waals surface area (Å²) in [5.41, 5.74) is 1.72. The number of carbonyl (C=O) groups is 1. The predicted octanol–water partition coefficient (Wildman–Crippen LogP) is 1.44. The molecular weight excluding hydrogens is 457 g/mol. The van der Waals surface area contributed by atoms with Crippen LogP contribution >= 0.6 is 24.0 Å². The van der Waals surface area contributed by atoms with Gasteiger partial charge in [0, 0.05) is 44.8 Å². The Morgan fingerprint density at radius 3 is 2.48 bits per heavy atom. The number of carbonyl (C=O) groups excluding carboxylic acids is 1. The van der Waals surface area contributed by atoms with Gasteiger partial charge in [-0.2, -0.15) is 0 Å². The zero-order valence-electron chi connectivity index (χ0n) is 16.5. The average molecular weight is 489 g/mol. The Morgan fingerprint density at radius 1 is 1.22 bits per heavy atom. The van der Waals surface area contributed by atoms with Crippen LogP contribution in [0.15, 0.2) is 29.3 Å². The van der Waals surface area contributed by atoms with E-state index in [-0.39, 0.29) is 29.9 Å². The molecule has 0 aliphatic carbocycles. The van der Waals surface area contributed by atoms with Crippen molar-refractivity contribution >= 4 is 35.8 Å². The van der Waals surface area contributed by atoms with E-state index in [0.29, 0.717) is 18.2 Å². The molecule has 1 atom stereocenters. The van der Waals surface area contributed by atoms with E-state index in [9.17, 15) is 4.79 Å². The monoisotopic (exact) mass is 489 g/mol. The van der Waals surface area contributed by atoms with Crippen LogP contribution in [0.2, 0.25) is 0 Å². The van der Waals surface area contributed by atoms with Gasteiger partial charge in [0.25, 0.3) is 5.91 Å². The van der Waals surface area contributed by atoms with Crippen LogP contribution in [-0.2, 0) is 11.3 Å². The molecule has 1 saturated heterocycles. The van der Waals surface area contributed by atoms with E-state index in [0.717, 1.165) is 50.9 Å². The number of guanidine groups is 1. The fourth-order valence-corrected chi connectivity index (χ4v) is 2.81. The molecule has 8 heteroatoms. The van der Waals surface area contributed by atoms with Crippen molar-refractivity contribution < 1.29 is 9.53 Å². The van der Waals surface area contributed by atoms with Crippen LogP contribution < -0.4 is 16.0 Å². The third kappa shape index (κ3) is 8.02. The highest BCUT2D eigenvalue weighted by atomic mass is 127. The SMILES string of the molecule is CCNC(=NCc1ccc(C(=O)NC)cc1)NCC(C)N1CCOCC1.I. The average Bonchev–Trinajstić information content (AvgIpc) is 2.70. The molecule has 3 N–H and O–H groups in total. The molecule has 0 bridgehead atoms. The molecule has 1 fully saturated rings. The molecule has 1 heterocycles. The third-order valence-corrected chi connectivity index (χ3v) is 4.44. The number of benzene rings is 1. The lowest BCUT2D eigenvalue weighted by Gasteiger charge is -2.32. The molecule has 1 aliphatic heterocycles. The maximum atomic E-state index is 11.6. The molecule has 0 saturated carbocycles. The zero-order chi connectivity index (χ0) is 18.8. The van der Waals surface area contributed by atoms with Gasteiger partial charge < -0.3 is 20.7 Å². The smallest absolute Gasteiger partial charge is 0.251 e. The minimum absolute atomic E-state index is 0. The highest BCUT2D eigenvalue weighted by Gasteiger charge is 2.16. The first-order valence-corrected chi connectivity index (χ1v) is 9.29. The van der Waals surface area contributed by atoms with Gasteiger partial charge in [0.15, 0.2) is 5.96 Å². The number of nitrogens with zero attached hydrogens (tertiary/aromatic N) is 2. The van der Waals surface area contributed by atoms with E-state index >= 15 is 0 Å². The van der Waals surface area contributed by atoms with Crippen LogP contribution in [0.25, 0.3) is 0 Å². The zero-order valence-corrected chi connectivity index (χ0v) is 18.8. The Labute approximate surface area is 179 Å². The van der Waals surface area contributed by atoms with Crippen molar-refractivity contribution in [2.45, 2.75) is 26.4 Å². The lowest BCUT2D eigenvalue weighted by atomic mass is 10.1. The van der Waals surface area contributed by atoms with E-state index < -0.39 is 0 Å². The van der Waals surface area contributed by atoms with Crippen molar-refractivity contribution in [3.05, 3.63) is 35.4 Å². The number of ether oxygens (including phenoxy) is 1. The lowest BCUT2D eigenvalue weighted by molar-refractivity contribution is 0.0211. The molecular formula is C19H32IN5O2. The third-order valence-electron chi connectivity index (χ3n) is 4.44. The Morgan fingerprint density at radius 2 is 1.89 bits per heavy atom. The number of hydrogen-bond donors (Lipinski definition) is 3. The van der Waals surface area contributed by atoms with E-state index in [1.807, 2.05) is 24.3 Å². The first-order valence-electron chi connectivity index (χ1n) is 9.29. The summed E-state index contributed by atoms with van der Waals surface area (Å²) in [5, 5.41) is 9.32. The maximum absolute atomic E-state index is 11.6. The first-order chi connectivity index (χ1) is 12.6. The van der Waals surface area contributed by atoms with Crippen molar-refractivity contribution in [1.29, 1.82) is 0 Å². The van der Waals surface area contributed by atoms with E-state index in [1.54, 1.807) is 7.05 Å². The number of halogens is 1. The molecule has 1 aromatic rings. The molecule has 1 unspecified atom stereocenters. The van der Waals surface area contributed by atoms with Crippen LogP contribution in [0.3, 0.4) is 0 Å². The van der Waals surface area contributed by atoms with Crippen LogP contribution in [0.4, 0.5) is 0 Å². The standard InChI is InChI=1S/C19H31N5O2.HI/c1-4-21-19(22-13-15(2)24-9-11-26-12-10-24)23-14-16-5-7-17(8-6-16)18(25)20-3;/h5-8,15H,4,9-14H2,1-3H3,(H,20,25)(H2,21,22,23);1H. The highest BCUT2D eigenvalue weighted by Crippen LogP contribution is 2.06. The quantitative estimate of drug-likeness (QED) is 0.307. The molecule has 1 aliphatic rings. The van der Waals surface area contributed by atoms with Gasteiger partial charge in [-0.3, -0.25) is 9.69 Å². The number of hydrogen-bond acceptors (Lipinski definition) is 4. The second-order valence-corrected chi connectivity index (χ2v) is 6.35. The minimum atomic E-state index is -0.0767. The Balaban J connectivity index is 0.00000364. The van der Waals surface area contributed by atoms with Crippen molar-refractivity contribution in [3.8, 4) is 0 Å². The summed E-state index contributed by atoms with van der Waals surface area (Å²) in [6.07, 6.45) is 0. The summed E-state index contributed by atoms with van der Waals surface area (Å²) in [6, 6.07) is 7.95. The molecule has 2 rings (SSSR count). The van der Waals surface area contributed by atoms with Gasteiger partial charge in [0.05, 0.1) is 19.8 Å². The van der Waals surface area contributed by atoms with Gasteiger partial charge in [0.1, 0.15) is 0 Å². The Hall–Kier alpha value is -1.39. The van der Waals surface area contributed by atoms with Gasteiger partial charge in [-0.1, -0.05) is 12.1 Å². The summed E-state index contributed by atoms with van der Waals surface area (Å²) in [6.45, 7) is 10.1. The Kier molecular flexibility index (Phi) is 11.3. The van der Waals surface area contributed by atoms with Gasteiger partial charge >= 0.3 is 0 Å².